The number of likely N-dealkylation sites (tertiary alicyclic amines) is 1. The number of thiocarbonyl (C=S) groups is 1. The molecule has 0 bridgehead atoms. The van der Waals surface area contributed by atoms with Crippen LogP contribution in [0.2, 0.25) is 5.02 Å². The standard InChI is InChI=1S/C19H20ClN3OS/c20-16-8-4-5-9-17(16)22-19(25)21-15-10-12-23(13-11-15)18(24)14-6-2-1-3-7-14/h1-9,15H,10-13H2,(H2,21,22,25). The van der Waals surface area contributed by atoms with E-state index in [2.05, 4.69) is 10.6 Å². The molecule has 1 heterocycles. The fourth-order valence-corrected chi connectivity index (χ4v) is 3.36. The molecule has 4 nitrogen and oxygen atoms in total. The summed E-state index contributed by atoms with van der Waals surface area (Å²) in [4.78, 5) is 14.4. The fourth-order valence-electron chi connectivity index (χ4n) is 2.90. The molecule has 0 saturated carbocycles. The van der Waals surface area contributed by atoms with Crippen LogP contribution < -0.4 is 10.6 Å². The van der Waals surface area contributed by atoms with Crippen LogP contribution in [0.1, 0.15) is 23.2 Å². The van der Waals surface area contributed by atoms with Gasteiger partial charge >= 0.3 is 0 Å². The van der Waals surface area contributed by atoms with Crippen molar-refractivity contribution in [3.05, 3.63) is 65.2 Å². The van der Waals surface area contributed by atoms with Crippen LogP contribution in [-0.2, 0) is 0 Å². The van der Waals surface area contributed by atoms with Crippen LogP contribution in [-0.4, -0.2) is 35.1 Å². The Morgan fingerprint density at radius 3 is 2.36 bits per heavy atom. The summed E-state index contributed by atoms with van der Waals surface area (Å²) in [6.45, 7) is 1.44. The smallest absolute Gasteiger partial charge is 0.253 e. The van der Waals surface area contributed by atoms with E-state index in [-0.39, 0.29) is 11.9 Å². The quantitative estimate of drug-likeness (QED) is 0.800. The Kier molecular flexibility index (Phi) is 5.89. The molecule has 0 aromatic heterocycles. The highest BCUT2D eigenvalue weighted by Gasteiger charge is 2.23. The molecule has 1 saturated heterocycles. The van der Waals surface area contributed by atoms with Crippen molar-refractivity contribution in [2.75, 3.05) is 18.4 Å². The van der Waals surface area contributed by atoms with Gasteiger partial charge in [-0.15, -0.1) is 0 Å². The lowest BCUT2D eigenvalue weighted by atomic mass is 10.0. The second kappa shape index (κ2) is 8.32. The molecular weight excluding hydrogens is 354 g/mol. The number of para-hydroxylation sites is 1. The van der Waals surface area contributed by atoms with E-state index in [4.69, 9.17) is 23.8 Å². The third-order valence-corrected chi connectivity index (χ3v) is 4.81. The lowest BCUT2D eigenvalue weighted by molar-refractivity contribution is 0.0710. The summed E-state index contributed by atoms with van der Waals surface area (Å²) in [6, 6.07) is 17.2. The summed E-state index contributed by atoms with van der Waals surface area (Å²) in [5, 5.41) is 7.63. The zero-order chi connectivity index (χ0) is 17.6. The molecule has 1 amide bonds. The first-order valence-corrected chi connectivity index (χ1v) is 9.08. The number of amides is 1. The van der Waals surface area contributed by atoms with Crippen LogP contribution >= 0.6 is 23.8 Å². The van der Waals surface area contributed by atoms with Gasteiger partial charge in [-0.1, -0.05) is 41.9 Å². The maximum atomic E-state index is 12.5. The van der Waals surface area contributed by atoms with Gasteiger partial charge in [0, 0.05) is 24.7 Å². The lowest BCUT2D eigenvalue weighted by Gasteiger charge is -2.33. The van der Waals surface area contributed by atoms with Crippen molar-refractivity contribution in [3.8, 4) is 0 Å². The van der Waals surface area contributed by atoms with Gasteiger partial charge in [-0.3, -0.25) is 4.79 Å². The number of hydrogen-bond acceptors (Lipinski definition) is 2. The second-order valence-corrected chi connectivity index (χ2v) is 6.83. The summed E-state index contributed by atoms with van der Waals surface area (Å²) in [5.74, 6) is 0.0934. The van der Waals surface area contributed by atoms with Crippen LogP contribution in [0.25, 0.3) is 0 Å². The molecule has 0 unspecified atom stereocenters. The molecule has 130 valence electrons. The van der Waals surface area contributed by atoms with Gasteiger partial charge in [-0.2, -0.15) is 0 Å². The number of halogens is 1. The van der Waals surface area contributed by atoms with Gasteiger partial charge in [-0.25, -0.2) is 0 Å². The summed E-state index contributed by atoms with van der Waals surface area (Å²) in [7, 11) is 0. The van der Waals surface area contributed by atoms with E-state index in [1.807, 2.05) is 59.5 Å². The number of hydrogen-bond donors (Lipinski definition) is 2. The largest absolute Gasteiger partial charge is 0.360 e. The topological polar surface area (TPSA) is 44.4 Å². The minimum atomic E-state index is 0.0934. The van der Waals surface area contributed by atoms with Crippen LogP contribution in [0, 0.1) is 0 Å². The SMILES string of the molecule is O=C(c1ccccc1)N1CCC(NC(=S)Nc2ccccc2Cl)CC1. The first kappa shape index (κ1) is 17.7. The van der Waals surface area contributed by atoms with Gasteiger partial charge < -0.3 is 15.5 Å². The lowest BCUT2D eigenvalue weighted by Crippen LogP contribution is -2.47. The first-order valence-electron chi connectivity index (χ1n) is 8.30. The number of nitrogens with one attached hydrogen (secondary N) is 2. The van der Waals surface area contributed by atoms with Gasteiger partial charge in [0.05, 0.1) is 10.7 Å². The highest BCUT2D eigenvalue weighted by molar-refractivity contribution is 7.80. The maximum absolute atomic E-state index is 12.5. The molecule has 1 aliphatic heterocycles. The Balaban J connectivity index is 1.48. The molecule has 2 aromatic carbocycles. The van der Waals surface area contributed by atoms with Crippen LogP contribution in [0.3, 0.4) is 0 Å². The zero-order valence-corrected chi connectivity index (χ0v) is 15.3. The molecule has 3 rings (SSSR count). The maximum Gasteiger partial charge on any atom is 0.253 e. The summed E-state index contributed by atoms with van der Waals surface area (Å²) >= 11 is 11.5. The van der Waals surface area contributed by atoms with Crippen molar-refractivity contribution in [1.82, 2.24) is 10.2 Å². The van der Waals surface area contributed by atoms with Crippen molar-refractivity contribution in [1.29, 1.82) is 0 Å². The normalized spacial score (nSPS) is 14.8. The molecule has 0 atom stereocenters. The van der Waals surface area contributed by atoms with Crippen LogP contribution in [0.15, 0.2) is 54.6 Å². The molecule has 0 radical (unpaired) electrons. The highest BCUT2D eigenvalue weighted by atomic mass is 35.5. The molecule has 0 aliphatic carbocycles. The fraction of sp³-hybridized carbons (Fsp3) is 0.263. The summed E-state index contributed by atoms with van der Waals surface area (Å²) in [6.07, 6.45) is 1.73. The minimum absolute atomic E-state index is 0.0934. The molecule has 0 spiro atoms. The van der Waals surface area contributed by atoms with E-state index in [9.17, 15) is 4.79 Å². The Morgan fingerprint density at radius 1 is 1.04 bits per heavy atom. The second-order valence-electron chi connectivity index (χ2n) is 6.01. The molecule has 1 fully saturated rings. The number of piperidine rings is 1. The first-order chi connectivity index (χ1) is 12.1. The third kappa shape index (κ3) is 4.71. The van der Waals surface area contributed by atoms with Gasteiger partial charge in [-0.05, 0) is 49.3 Å². The molecule has 1 aliphatic rings. The summed E-state index contributed by atoms with van der Waals surface area (Å²) < 4.78 is 0. The molecule has 6 heteroatoms. The van der Waals surface area contributed by atoms with Crippen molar-refractivity contribution < 1.29 is 4.79 Å². The monoisotopic (exact) mass is 373 g/mol. The van der Waals surface area contributed by atoms with Gasteiger partial charge in [0.2, 0.25) is 0 Å². The van der Waals surface area contributed by atoms with E-state index in [1.54, 1.807) is 0 Å². The van der Waals surface area contributed by atoms with E-state index in [1.165, 1.54) is 0 Å². The number of benzene rings is 2. The average molecular weight is 374 g/mol. The molecule has 25 heavy (non-hydrogen) atoms. The van der Waals surface area contributed by atoms with E-state index in [0.29, 0.717) is 10.1 Å². The van der Waals surface area contributed by atoms with Crippen molar-refractivity contribution >= 4 is 40.5 Å². The van der Waals surface area contributed by atoms with E-state index in [0.717, 1.165) is 37.2 Å². The number of anilines is 1. The highest BCUT2D eigenvalue weighted by Crippen LogP contribution is 2.20. The average Bonchev–Trinajstić information content (AvgIpc) is 2.64. The predicted octanol–water partition coefficient (Wildman–Crippen LogP) is 3.93. The number of carbonyl (C=O) groups excluding carboxylic acids is 1. The predicted molar refractivity (Wildman–Crippen MR) is 106 cm³/mol. The Hall–Kier alpha value is -2.11. The van der Waals surface area contributed by atoms with E-state index < -0.39 is 0 Å². The Labute approximate surface area is 158 Å². The van der Waals surface area contributed by atoms with Crippen molar-refractivity contribution in [2.45, 2.75) is 18.9 Å². The molecule has 2 N–H and O–H groups in total. The van der Waals surface area contributed by atoms with Crippen LogP contribution in [0.5, 0.6) is 0 Å². The zero-order valence-electron chi connectivity index (χ0n) is 13.7. The van der Waals surface area contributed by atoms with Crippen LogP contribution in [0.4, 0.5) is 5.69 Å². The Morgan fingerprint density at radius 2 is 1.68 bits per heavy atom. The number of nitrogens with zero attached hydrogens (tertiary/aromatic N) is 1. The molecular formula is C19H20ClN3OS. The molecule has 2 aromatic rings. The number of rotatable bonds is 3. The van der Waals surface area contributed by atoms with Crippen molar-refractivity contribution in [3.63, 3.8) is 0 Å². The van der Waals surface area contributed by atoms with Gasteiger partial charge in [0.1, 0.15) is 0 Å². The summed E-state index contributed by atoms with van der Waals surface area (Å²) in [5.41, 5.74) is 1.53. The van der Waals surface area contributed by atoms with Gasteiger partial charge in [0.25, 0.3) is 5.91 Å². The van der Waals surface area contributed by atoms with Crippen molar-refractivity contribution in [2.24, 2.45) is 0 Å². The number of carbonyl (C=O) groups is 1. The third-order valence-electron chi connectivity index (χ3n) is 4.26. The van der Waals surface area contributed by atoms with E-state index >= 15 is 0 Å². The minimum Gasteiger partial charge on any atom is -0.360 e. The Bertz CT molecular complexity index is 745. The van der Waals surface area contributed by atoms with Gasteiger partial charge in [0.15, 0.2) is 5.11 Å².